The van der Waals surface area contributed by atoms with E-state index in [9.17, 15) is 12.8 Å². The monoisotopic (exact) mass is 320 g/mol. The number of nitrogens with two attached hydrogens (primary N) is 1. The molecule has 1 saturated carbocycles. The summed E-state index contributed by atoms with van der Waals surface area (Å²) in [5.74, 6) is -0.489. The van der Waals surface area contributed by atoms with Gasteiger partial charge in [-0.15, -0.1) is 0 Å². The molecule has 0 aromatic heterocycles. The zero-order valence-corrected chi connectivity index (χ0v) is 12.8. The Morgan fingerprint density at radius 2 is 2.10 bits per heavy atom. The number of rotatable bonds is 3. The number of halogens is 2. The molecule has 1 aliphatic carbocycles. The lowest BCUT2D eigenvalue weighted by Crippen LogP contribution is -2.38. The van der Waals surface area contributed by atoms with Crippen LogP contribution < -0.4 is 10.5 Å². The van der Waals surface area contributed by atoms with E-state index in [0.29, 0.717) is 5.92 Å². The summed E-state index contributed by atoms with van der Waals surface area (Å²) in [6.07, 6.45) is 3.59. The Morgan fingerprint density at radius 3 is 2.75 bits per heavy atom. The van der Waals surface area contributed by atoms with E-state index in [-0.39, 0.29) is 16.8 Å². The van der Waals surface area contributed by atoms with Crippen molar-refractivity contribution < 1.29 is 12.8 Å². The van der Waals surface area contributed by atoms with Crippen molar-refractivity contribution in [1.82, 2.24) is 4.72 Å². The van der Waals surface area contributed by atoms with Gasteiger partial charge in [-0.25, -0.2) is 17.5 Å². The maximum atomic E-state index is 13.9. The van der Waals surface area contributed by atoms with E-state index in [1.165, 1.54) is 6.07 Å². The maximum Gasteiger partial charge on any atom is 0.243 e. The molecule has 0 spiro atoms. The maximum absolute atomic E-state index is 13.9. The molecular formula is C13H18ClFN2O2S. The van der Waals surface area contributed by atoms with Crippen LogP contribution in [-0.4, -0.2) is 14.5 Å². The molecular weight excluding hydrogens is 303 g/mol. The van der Waals surface area contributed by atoms with Crippen LogP contribution in [0.5, 0.6) is 0 Å². The molecule has 2 atom stereocenters. The molecule has 3 N–H and O–H groups in total. The van der Waals surface area contributed by atoms with Gasteiger partial charge in [0.15, 0.2) is 5.82 Å². The van der Waals surface area contributed by atoms with Gasteiger partial charge in [0.25, 0.3) is 0 Å². The van der Waals surface area contributed by atoms with E-state index in [2.05, 4.69) is 11.6 Å². The van der Waals surface area contributed by atoms with Gasteiger partial charge in [-0.3, -0.25) is 0 Å². The first-order valence-electron chi connectivity index (χ1n) is 6.56. The van der Waals surface area contributed by atoms with Crippen LogP contribution in [0.1, 0.15) is 32.6 Å². The molecule has 4 nitrogen and oxygen atoms in total. The Morgan fingerprint density at radius 1 is 1.40 bits per heavy atom. The summed E-state index contributed by atoms with van der Waals surface area (Å²) in [7, 11) is -3.95. The van der Waals surface area contributed by atoms with Crippen LogP contribution in [0.2, 0.25) is 5.02 Å². The van der Waals surface area contributed by atoms with E-state index in [4.69, 9.17) is 17.3 Å². The largest absolute Gasteiger partial charge is 0.396 e. The fraction of sp³-hybridized carbons (Fsp3) is 0.538. The highest BCUT2D eigenvalue weighted by atomic mass is 35.5. The van der Waals surface area contributed by atoms with Crippen LogP contribution in [0.25, 0.3) is 0 Å². The zero-order valence-electron chi connectivity index (χ0n) is 11.2. The molecule has 1 aromatic carbocycles. The summed E-state index contributed by atoms with van der Waals surface area (Å²) in [5.41, 5.74) is 5.15. The number of anilines is 1. The molecule has 1 fully saturated rings. The molecule has 0 amide bonds. The molecule has 0 radical (unpaired) electrons. The van der Waals surface area contributed by atoms with Crippen LogP contribution in [0.4, 0.5) is 10.1 Å². The minimum absolute atomic E-state index is 0.0984. The lowest BCUT2D eigenvalue weighted by atomic mass is 9.88. The number of nitrogens with one attached hydrogen (secondary N) is 1. The topological polar surface area (TPSA) is 72.2 Å². The lowest BCUT2D eigenvalue weighted by Gasteiger charge is -2.27. The summed E-state index contributed by atoms with van der Waals surface area (Å²) in [6.45, 7) is 2.08. The molecule has 1 aliphatic rings. The van der Waals surface area contributed by atoms with Gasteiger partial charge in [0.05, 0.1) is 5.69 Å². The van der Waals surface area contributed by atoms with Gasteiger partial charge in [0.1, 0.15) is 4.90 Å². The summed E-state index contributed by atoms with van der Waals surface area (Å²) in [6, 6.07) is 2.11. The number of hydrogen-bond donors (Lipinski definition) is 2. The van der Waals surface area contributed by atoms with Gasteiger partial charge in [0, 0.05) is 11.1 Å². The molecule has 112 valence electrons. The minimum Gasteiger partial charge on any atom is -0.396 e. The first kappa shape index (κ1) is 15.5. The van der Waals surface area contributed by atoms with Gasteiger partial charge < -0.3 is 5.73 Å². The molecule has 20 heavy (non-hydrogen) atoms. The number of hydrogen-bond acceptors (Lipinski definition) is 3. The van der Waals surface area contributed by atoms with E-state index < -0.39 is 20.7 Å². The quantitative estimate of drug-likeness (QED) is 0.841. The molecule has 7 heteroatoms. The van der Waals surface area contributed by atoms with Gasteiger partial charge in [-0.2, -0.15) is 0 Å². The third-order valence-corrected chi connectivity index (χ3v) is 5.32. The van der Waals surface area contributed by atoms with Crippen molar-refractivity contribution in [1.29, 1.82) is 0 Å². The predicted octanol–water partition coefficient (Wildman–Crippen LogP) is 2.92. The van der Waals surface area contributed by atoms with Crippen LogP contribution in [0.15, 0.2) is 17.0 Å². The van der Waals surface area contributed by atoms with E-state index in [1.807, 2.05) is 0 Å². The Balaban J connectivity index is 2.26. The second-order valence-electron chi connectivity index (χ2n) is 5.40. The molecule has 1 aromatic rings. The van der Waals surface area contributed by atoms with Gasteiger partial charge in [-0.1, -0.05) is 31.4 Å². The summed E-state index contributed by atoms with van der Waals surface area (Å²) in [5, 5.41) is 0.0984. The summed E-state index contributed by atoms with van der Waals surface area (Å²) >= 11 is 5.76. The van der Waals surface area contributed by atoms with E-state index >= 15 is 0 Å². The first-order valence-corrected chi connectivity index (χ1v) is 8.42. The molecule has 2 unspecified atom stereocenters. The molecule has 0 aliphatic heterocycles. The van der Waals surface area contributed by atoms with Crippen molar-refractivity contribution in [3.8, 4) is 0 Å². The molecule has 0 bridgehead atoms. The molecule has 0 saturated heterocycles. The highest BCUT2D eigenvalue weighted by molar-refractivity contribution is 7.89. The number of benzene rings is 1. The van der Waals surface area contributed by atoms with Crippen molar-refractivity contribution in [3.05, 3.63) is 23.0 Å². The fourth-order valence-corrected chi connectivity index (χ4v) is 4.31. The Labute approximate surface area is 123 Å². The normalized spacial score (nSPS) is 23.8. The molecule has 2 rings (SSSR count). The van der Waals surface area contributed by atoms with E-state index in [0.717, 1.165) is 31.7 Å². The zero-order chi connectivity index (χ0) is 14.9. The second kappa shape index (κ2) is 5.87. The summed E-state index contributed by atoms with van der Waals surface area (Å²) in [4.78, 5) is -0.485. The highest BCUT2D eigenvalue weighted by Gasteiger charge is 2.27. The van der Waals surface area contributed by atoms with Crippen molar-refractivity contribution in [2.45, 2.75) is 43.5 Å². The lowest BCUT2D eigenvalue weighted by molar-refractivity contribution is 0.327. The number of sulfonamides is 1. The summed E-state index contributed by atoms with van der Waals surface area (Å²) < 4.78 is 41.0. The van der Waals surface area contributed by atoms with Gasteiger partial charge in [0.2, 0.25) is 10.0 Å². The van der Waals surface area contributed by atoms with Crippen LogP contribution in [0.3, 0.4) is 0 Å². The second-order valence-corrected chi connectivity index (χ2v) is 7.52. The molecule has 0 heterocycles. The van der Waals surface area contributed by atoms with Crippen LogP contribution >= 0.6 is 11.6 Å². The smallest absolute Gasteiger partial charge is 0.243 e. The van der Waals surface area contributed by atoms with Crippen molar-refractivity contribution in [2.24, 2.45) is 5.92 Å². The number of nitrogen functional groups attached to an aromatic ring is 1. The van der Waals surface area contributed by atoms with Gasteiger partial charge >= 0.3 is 0 Å². The Kier molecular flexibility index (Phi) is 4.56. The average Bonchev–Trinajstić information content (AvgIpc) is 2.33. The third kappa shape index (κ3) is 3.42. The SMILES string of the molecule is CC1CCCC(NS(=O)(=O)c2cc(Cl)cc(N)c2F)C1. The Hall–Kier alpha value is -0.850. The third-order valence-electron chi connectivity index (χ3n) is 3.58. The Bertz CT molecular complexity index is 607. The van der Waals surface area contributed by atoms with Crippen LogP contribution in [-0.2, 0) is 10.0 Å². The van der Waals surface area contributed by atoms with E-state index in [1.54, 1.807) is 0 Å². The van der Waals surface area contributed by atoms with Crippen LogP contribution in [0, 0.1) is 11.7 Å². The predicted molar refractivity (Wildman–Crippen MR) is 77.6 cm³/mol. The van der Waals surface area contributed by atoms with Gasteiger partial charge in [-0.05, 0) is 30.9 Å². The van der Waals surface area contributed by atoms with Crippen molar-refractivity contribution in [3.63, 3.8) is 0 Å². The highest BCUT2D eigenvalue weighted by Crippen LogP contribution is 2.28. The minimum atomic E-state index is -3.95. The fourth-order valence-electron chi connectivity index (χ4n) is 2.60. The standard InChI is InChI=1S/C13H18ClFN2O2S/c1-8-3-2-4-10(5-8)17-20(18,19)12-7-9(14)6-11(16)13(12)15/h6-8,10,17H,2-5,16H2,1H3. The average molecular weight is 321 g/mol. The van der Waals surface area contributed by atoms with Crippen molar-refractivity contribution >= 4 is 27.3 Å². The first-order chi connectivity index (χ1) is 9.29. The van der Waals surface area contributed by atoms with Crippen molar-refractivity contribution in [2.75, 3.05) is 5.73 Å².